The summed E-state index contributed by atoms with van der Waals surface area (Å²) >= 11 is 0. The highest BCUT2D eigenvalue weighted by Gasteiger charge is 2.30. The molecule has 1 unspecified atom stereocenters. The summed E-state index contributed by atoms with van der Waals surface area (Å²) in [7, 11) is 3.96. The Hall–Kier alpha value is -1.27. The van der Waals surface area contributed by atoms with Crippen molar-refractivity contribution >= 4 is 0 Å². The molecule has 1 atom stereocenters. The van der Waals surface area contributed by atoms with Gasteiger partial charge < -0.3 is 15.0 Å². The summed E-state index contributed by atoms with van der Waals surface area (Å²) in [6.07, 6.45) is -4.64. The largest absolute Gasteiger partial charge is 0.573 e. The molecule has 0 radical (unpaired) electrons. The molecule has 0 aliphatic carbocycles. The van der Waals surface area contributed by atoms with Crippen molar-refractivity contribution in [2.75, 3.05) is 27.2 Å². The van der Waals surface area contributed by atoms with E-state index in [1.165, 1.54) is 12.1 Å². The van der Waals surface area contributed by atoms with Crippen molar-refractivity contribution in [2.45, 2.75) is 19.3 Å². The van der Waals surface area contributed by atoms with E-state index in [1.807, 2.05) is 21.0 Å². The van der Waals surface area contributed by atoms with E-state index in [9.17, 15) is 13.2 Å². The van der Waals surface area contributed by atoms with Gasteiger partial charge in [0.1, 0.15) is 5.75 Å². The first-order valence-electron chi connectivity index (χ1n) is 6.02. The quantitative estimate of drug-likeness (QED) is 0.864. The highest BCUT2D eigenvalue weighted by Crippen LogP contribution is 2.24. The number of alkyl halides is 3. The van der Waals surface area contributed by atoms with Crippen LogP contribution in [0, 0.1) is 0 Å². The van der Waals surface area contributed by atoms with Crippen LogP contribution in [0.1, 0.15) is 18.5 Å². The minimum Gasteiger partial charge on any atom is -0.406 e. The second-order valence-electron chi connectivity index (χ2n) is 4.60. The highest BCUT2D eigenvalue weighted by molar-refractivity contribution is 5.29. The highest BCUT2D eigenvalue weighted by atomic mass is 19.4. The second-order valence-corrected chi connectivity index (χ2v) is 4.60. The van der Waals surface area contributed by atoms with Crippen LogP contribution < -0.4 is 10.1 Å². The molecule has 0 fully saturated rings. The van der Waals surface area contributed by atoms with Crippen LogP contribution in [0.4, 0.5) is 13.2 Å². The van der Waals surface area contributed by atoms with Crippen LogP contribution in [-0.2, 0) is 0 Å². The average molecular weight is 276 g/mol. The number of nitrogens with one attached hydrogen (secondary N) is 1. The smallest absolute Gasteiger partial charge is 0.406 e. The molecule has 0 aliphatic rings. The molecule has 1 aromatic rings. The number of halogens is 3. The Labute approximate surface area is 111 Å². The van der Waals surface area contributed by atoms with E-state index in [0.717, 1.165) is 18.7 Å². The van der Waals surface area contributed by atoms with Gasteiger partial charge in [-0.05, 0) is 38.7 Å². The molecule has 6 heteroatoms. The molecule has 1 rings (SSSR count). The molecule has 1 aromatic carbocycles. The number of hydrogen-bond donors (Lipinski definition) is 1. The lowest BCUT2D eigenvalue weighted by molar-refractivity contribution is -0.274. The topological polar surface area (TPSA) is 24.5 Å². The van der Waals surface area contributed by atoms with Crippen LogP contribution in [-0.4, -0.2) is 38.4 Å². The lowest BCUT2D eigenvalue weighted by Gasteiger charge is -2.17. The summed E-state index contributed by atoms with van der Waals surface area (Å²) in [6, 6.07) is 6.00. The summed E-state index contributed by atoms with van der Waals surface area (Å²) in [5.41, 5.74) is 0.924. The Kier molecular flexibility index (Phi) is 5.62. The molecule has 0 spiro atoms. The first-order chi connectivity index (χ1) is 8.78. The van der Waals surface area contributed by atoms with Gasteiger partial charge in [-0.2, -0.15) is 0 Å². The lowest BCUT2D eigenvalue weighted by atomic mass is 10.1. The molecule has 1 N–H and O–H groups in total. The molecule has 0 aromatic heterocycles. The summed E-state index contributed by atoms with van der Waals surface area (Å²) in [5, 5.41) is 3.29. The van der Waals surface area contributed by atoms with E-state index in [4.69, 9.17) is 0 Å². The van der Waals surface area contributed by atoms with Gasteiger partial charge in [-0.25, -0.2) is 0 Å². The van der Waals surface area contributed by atoms with E-state index < -0.39 is 6.36 Å². The third-order valence-electron chi connectivity index (χ3n) is 2.62. The van der Waals surface area contributed by atoms with E-state index in [2.05, 4.69) is 15.0 Å². The molecular weight excluding hydrogens is 257 g/mol. The van der Waals surface area contributed by atoms with Crippen molar-refractivity contribution in [1.29, 1.82) is 0 Å². The van der Waals surface area contributed by atoms with E-state index >= 15 is 0 Å². The number of nitrogens with zero attached hydrogens (tertiary/aromatic N) is 1. The number of rotatable bonds is 6. The summed E-state index contributed by atoms with van der Waals surface area (Å²) in [6.45, 7) is 3.68. The lowest BCUT2D eigenvalue weighted by Crippen LogP contribution is -2.28. The fraction of sp³-hybridized carbons (Fsp3) is 0.538. The first-order valence-corrected chi connectivity index (χ1v) is 6.02. The Morgan fingerprint density at radius 3 is 2.26 bits per heavy atom. The van der Waals surface area contributed by atoms with Crippen LogP contribution in [0.5, 0.6) is 5.75 Å². The molecule has 108 valence electrons. The minimum absolute atomic E-state index is 0.0832. The predicted octanol–water partition coefficient (Wildman–Crippen LogP) is 2.80. The van der Waals surface area contributed by atoms with Crippen molar-refractivity contribution in [2.24, 2.45) is 0 Å². The maximum absolute atomic E-state index is 12.0. The molecule has 3 nitrogen and oxygen atoms in total. The predicted molar refractivity (Wildman–Crippen MR) is 68.1 cm³/mol. The standard InChI is InChI=1S/C13H19F3N2O/c1-10(17-8-9-18(2)3)11-4-6-12(7-5-11)19-13(14,15)16/h4-7,10,17H,8-9H2,1-3H3. The van der Waals surface area contributed by atoms with Crippen LogP contribution in [0.15, 0.2) is 24.3 Å². The number of benzene rings is 1. The zero-order valence-corrected chi connectivity index (χ0v) is 11.3. The van der Waals surface area contributed by atoms with Gasteiger partial charge in [-0.15, -0.1) is 13.2 Å². The Bertz CT molecular complexity index is 376. The maximum Gasteiger partial charge on any atom is 0.573 e. The van der Waals surface area contributed by atoms with Gasteiger partial charge in [-0.1, -0.05) is 12.1 Å². The van der Waals surface area contributed by atoms with Gasteiger partial charge >= 0.3 is 6.36 Å². The average Bonchev–Trinajstić information content (AvgIpc) is 2.27. The third kappa shape index (κ3) is 6.45. The van der Waals surface area contributed by atoms with Crippen LogP contribution in [0.3, 0.4) is 0 Å². The summed E-state index contributed by atoms with van der Waals surface area (Å²) in [4.78, 5) is 2.06. The zero-order chi connectivity index (χ0) is 14.5. The van der Waals surface area contributed by atoms with Gasteiger partial charge in [0.25, 0.3) is 0 Å². The molecule has 0 saturated carbocycles. The van der Waals surface area contributed by atoms with Crippen molar-refractivity contribution < 1.29 is 17.9 Å². The van der Waals surface area contributed by atoms with Gasteiger partial charge in [0.15, 0.2) is 0 Å². The van der Waals surface area contributed by atoms with Gasteiger partial charge in [0, 0.05) is 19.1 Å². The minimum atomic E-state index is -4.64. The maximum atomic E-state index is 12.0. The van der Waals surface area contributed by atoms with Gasteiger partial charge in [0.05, 0.1) is 0 Å². The molecule has 19 heavy (non-hydrogen) atoms. The van der Waals surface area contributed by atoms with E-state index in [0.29, 0.717) is 0 Å². The van der Waals surface area contributed by atoms with Crippen molar-refractivity contribution in [3.63, 3.8) is 0 Å². The first kappa shape index (κ1) is 15.8. The molecule has 0 amide bonds. The fourth-order valence-corrected chi connectivity index (χ4v) is 1.58. The number of likely N-dealkylation sites (N-methyl/N-ethyl adjacent to an activating group) is 1. The summed E-state index contributed by atoms with van der Waals surface area (Å²) in [5.74, 6) is -0.197. The second kappa shape index (κ2) is 6.77. The van der Waals surface area contributed by atoms with E-state index in [-0.39, 0.29) is 11.8 Å². The number of hydrogen-bond acceptors (Lipinski definition) is 3. The van der Waals surface area contributed by atoms with Crippen LogP contribution >= 0.6 is 0 Å². The zero-order valence-electron chi connectivity index (χ0n) is 11.3. The summed E-state index contributed by atoms with van der Waals surface area (Å²) < 4.78 is 39.8. The van der Waals surface area contributed by atoms with Gasteiger partial charge in [0.2, 0.25) is 0 Å². The molecule has 0 bridgehead atoms. The molecule has 0 saturated heterocycles. The monoisotopic (exact) mass is 276 g/mol. The molecule has 0 aliphatic heterocycles. The van der Waals surface area contributed by atoms with Crippen molar-refractivity contribution in [1.82, 2.24) is 10.2 Å². The molecular formula is C13H19F3N2O. The normalized spacial score (nSPS) is 13.6. The van der Waals surface area contributed by atoms with Crippen LogP contribution in [0.2, 0.25) is 0 Å². The van der Waals surface area contributed by atoms with Gasteiger partial charge in [-0.3, -0.25) is 0 Å². The number of ether oxygens (including phenoxy) is 1. The third-order valence-corrected chi connectivity index (χ3v) is 2.62. The Morgan fingerprint density at radius 1 is 1.21 bits per heavy atom. The van der Waals surface area contributed by atoms with Crippen molar-refractivity contribution in [3.8, 4) is 5.75 Å². The van der Waals surface area contributed by atoms with E-state index in [1.54, 1.807) is 12.1 Å². The van der Waals surface area contributed by atoms with Crippen LogP contribution in [0.25, 0.3) is 0 Å². The SMILES string of the molecule is CC(NCCN(C)C)c1ccc(OC(F)(F)F)cc1. The molecule has 0 heterocycles. The fourth-order valence-electron chi connectivity index (χ4n) is 1.58. The Balaban J connectivity index is 2.51. The van der Waals surface area contributed by atoms with Crippen molar-refractivity contribution in [3.05, 3.63) is 29.8 Å². The Morgan fingerprint density at radius 2 is 1.79 bits per heavy atom.